The summed E-state index contributed by atoms with van der Waals surface area (Å²) in [4.78, 5) is 11.4. The highest BCUT2D eigenvalue weighted by Gasteiger charge is 2.34. The summed E-state index contributed by atoms with van der Waals surface area (Å²) in [7, 11) is 0. The Balaban J connectivity index is 1.77. The Bertz CT molecular complexity index is 1040. The van der Waals surface area contributed by atoms with Crippen LogP contribution in [-0.4, -0.2) is 6.36 Å². The van der Waals surface area contributed by atoms with Gasteiger partial charge in [0.2, 0.25) is 0 Å². The van der Waals surface area contributed by atoms with Crippen molar-refractivity contribution in [2.24, 2.45) is 0 Å². The molecule has 0 aliphatic carbocycles. The molecule has 10 heteroatoms. The molecule has 0 aliphatic rings. The topological polar surface area (TPSA) is 48.7 Å². The average molecular weight is 404 g/mol. The Hall–Kier alpha value is -3.17. The van der Waals surface area contributed by atoms with Gasteiger partial charge in [0.25, 0.3) is 0 Å². The van der Waals surface area contributed by atoms with Gasteiger partial charge in [-0.1, -0.05) is 12.1 Å². The van der Waals surface area contributed by atoms with Crippen molar-refractivity contribution in [2.45, 2.75) is 19.1 Å². The molecule has 0 saturated carbocycles. The second kappa shape index (κ2) is 7.10. The maximum Gasteiger partial charge on any atom is 0.573 e. The number of rotatable bonds is 4. The molecular formula is C18H10F6O4. The predicted molar refractivity (Wildman–Crippen MR) is 84.9 cm³/mol. The first-order valence-electron chi connectivity index (χ1n) is 7.64. The lowest BCUT2D eigenvalue weighted by Gasteiger charge is -2.11. The fourth-order valence-corrected chi connectivity index (χ4v) is 2.42. The van der Waals surface area contributed by atoms with E-state index in [9.17, 15) is 31.1 Å². The monoisotopic (exact) mass is 404 g/mol. The van der Waals surface area contributed by atoms with E-state index >= 15 is 0 Å². The molecule has 0 fully saturated rings. The maximum absolute atomic E-state index is 13.0. The summed E-state index contributed by atoms with van der Waals surface area (Å²) in [5, 5.41) is -0.298. The molecule has 0 unspecified atom stereocenters. The zero-order valence-electron chi connectivity index (χ0n) is 13.7. The number of ether oxygens (including phenoxy) is 2. The lowest BCUT2D eigenvalue weighted by Crippen LogP contribution is -2.17. The highest BCUT2D eigenvalue weighted by Crippen LogP contribution is 2.35. The lowest BCUT2D eigenvalue weighted by molar-refractivity contribution is -0.274. The summed E-state index contributed by atoms with van der Waals surface area (Å²) in [5.74, 6) is -0.283. The van der Waals surface area contributed by atoms with Gasteiger partial charge in [-0.15, -0.1) is 13.2 Å². The Labute approximate surface area is 152 Å². The van der Waals surface area contributed by atoms with Gasteiger partial charge in [-0.05, 0) is 29.8 Å². The molecule has 28 heavy (non-hydrogen) atoms. The van der Waals surface area contributed by atoms with Gasteiger partial charge in [-0.25, -0.2) is 4.79 Å². The van der Waals surface area contributed by atoms with E-state index in [1.165, 1.54) is 18.2 Å². The summed E-state index contributed by atoms with van der Waals surface area (Å²) in [6.07, 6.45) is -9.53. The molecule has 1 heterocycles. The second-order valence-corrected chi connectivity index (χ2v) is 5.62. The second-order valence-electron chi connectivity index (χ2n) is 5.62. The van der Waals surface area contributed by atoms with E-state index in [1.807, 2.05) is 0 Å². The minimum absolute atomic E-state index is 0.0823. The van der Waals surface area contributed by atoms with Crippen LogP contribution in [0, 0.1) is 0 Å². The number of halogens is 6. The van der Waals surface area contributed by atoms with Gasteiger partial charge in [0, 0.05) is 17.5 Å². The van der Waals surface area contributed by atoms with Crippen LogP contribution in [0.4, 0.5) is 26.3 Å². The highest BCUT2D eigenvalue weighted by molar-refractivity contribution is 5.82. The van der Waals surface area contributed by atoms with Crippen LogP contribution in [0.3, 0.4) is 0 Å². The van der Waals surface area contributed by atoms with E-state index in [4.69, 9.17) is 9.15 Å². The van der Waals surface area contributed by atoms with Gasteiger partial charge in [0.05, 0.1) is 5.56 Å². The van der Waals surface area contributed by atoms with Gasteiger partial charge in [0.1, 0.15) is 23.7 Å². The van der Waals surface area contributed by atoms with E-state index in [1.54, 1.807) is 0 Å². The molecule has 0 amide bonds. The maximum atomic E-state index is 13.0. The van der Waals surface area contributed by atoms with Crippen molar-refractivity contribution in [1.29, 1.82) is 0 Å². The van der Waals surface area contributed by atoms with E-state index in [2.05, 4.69) is 4.74 Å². The first-order valence-corrected chi connectivity index (χ1v) is 7.64. The van der Waals surface area contributed by atoms with Crippen molar-refractivity contribution in [3.8, 4) is 11.5 Å². The SMILES string of the molecule is O=c1cc(C(F)(F)F)c2ccc(OCc3ccc(OC(F)(F)F)cc3)cc2o1. The van der Waals surface area contributed by atoms with Crippen LogP contribution < -0.4 is 15.1 Å². The Morgan fingerprint density at radius 2 is 1.50 bits per heavy atom. The third-order valence-electron chi connectivity index (χ3n) is 3.58. The summed E-state index contributed by atoms with van der Waals surface area (Å²) < 4.78 is 89.3. The first-order chi connectivity index (χ1) is 13.0. The highest BCUT2D eigenvalue weighted by atomic mass is 19.4. The normalized spacial score (nSPS) is 12.2. The van der Waals surface area contributed by atoms with Gasteiger partial charge in [-0.3, -0.25) is 0 Å². The van der Waals surface area contributed by atoms with Crippen molar-refractivity contribution in [2.75, 3.05) is 0 Å². The minimum Gasteiger partial charge on any atom is -0.489 e. The van der Waals surface area contributed by atoms with Crippen LogP contribution in [0.5, 0.6) is 11.5 Å². The van der Waals surface area contributed by atoms with E-state index in [0.717, 1.165) is 24.3 Å². The molecule has 0 bridgehead atoms. The molecule has 3 aromatic rings. The molecule has 148 valence electrons. The molecule has 0 aliphatic heterocycles. The molecular weight excluding hydrogens is 394 g/mol. The third-order valence-corrected chi connectivity index (χ3v) is 3.58. The lowest BCUT2D eigenvalue weighted by atomic mass is 10.1. The molecule has 0 radical (unpaired) electrons. The zero-order chi connectivity index (χ0) is 20.5. The molecule has 0 saturated heterocycles. The number of hydrogen-bond acceptors (Lipinski definition) is 4. The number of alkyl halides is 6. The third kappa shape index (κ3) is 4.76. The van der Waals surface area contributed by atoms with Crippen molar-refractivity contribution in [3.05, 3.63) is 70.1 Å². The Kier molecular flexibility index (Phi) is 4.97. The van der Waals surface area contributed by atoms with Crippen LogP contribution >= 0.6 is 0 Å². The van der Waals surface area contributed by atoms with E-state index in [-0.39, 0.29) is 23.3 Å². The number of fused-ring (bicyclic) bond motifs is 1. The van der Waals surface area contributed by atoms with Crippen molar-refractivity contribution in [1.82, 2.24) is 0 Å². The van der Waals surface area contributed by atoms with Crippen molar-refractivity contribution in [3.63, 3.8) is 0 Å². The number of hydrogen-bond donors (Lipinski definition) is 0. The van der Waals surface area contributed by atoms with Crippen molar-refractivity contribution >= 4 is 11.0 Å². The summed E-state index contributed by atoms with van der Waals surface area (Å²) in [6, 6.07) is 8.74. The average Bonchev–Trinajstić information content (AvgIpc) is 2.58. The number of benzene rings is 2. The minimum atomic E-state index is -4.80. The predicted octanol–water partition coefficient (Wildman–Crippen LogP) is 5.29. The van der Waals surface area contributed by atoms with E-state index in [0.29, 0.717) is 11.6 Å². The zero-order valence-corrected chi connectivity index (χ0v) is 13.7. The van der Waals surface area contributed by atoms with Crippen LogP contribution in [0.1, 0.15) is 11.1 Å². The molecule has 0 spiro atoms. The van der Waals surface area contributed by atoms with Crippen LogP contribution in [0.2, 0.25) is 0 Å². The molecule has 1 aromatic heterocycles. The van der Waals surface area contributed by atoms with Gasteiger partial charge >= 0.3 is 18.2 Å². The standard InChI is InChI=1S/C18H10F6O4/c19-17(20,21)14-8-16(25)27-15-7-12(5-6-13(14)15)26-9-10-1-3-11(4-2-10)28-18(22,23)24/h1-8H,9H2. The molecule has 3 rings (SSSR count). The fraction of sp³-hybridized carbons (Fsp3) is 0.167. The van der Waals surface area contributed by atoms with Crippen LogP contribution in [0.25, 0.3) is 11.0 Å². The largest absolute Gasteiger partial charge is 0.573 e. The Morgan fingerprint density at radius 1 is 0.857 bits per heavy atom. The first kappa shape index (κ1) is 19.6. The van der Waals surface area contributed by atoms with Gasteiger partial charge < -0.3 is 13.9 Å². The molecule has 0 N–H and O–H groups in total. The summed E-state index contributed by atoms with van der Waals surface area (Å²) >= 11 is 0. The van der Waals surface area contributed by atoms with Gasteiger partial charge in [0.15, 0.2) is 0 Å². The van der Waals surface area contributed by atoms with Crippen LogP contribution in [-0.2, 0) is 12.8 Å². The fourth-order valence-electron chi connectivity index (χ4n) is 2.42. The Morgan fingerprint density at radius 3 is 2.11 bits per heavy atom. The van der Waals surface area contributed by atoms with Gasteiger partial charge in [-0.2, -0.15) is 13.2 Å². The molecule has 4 nitrogen and oxygen atoms in total. The summed E-state index contributed by atoms with van der Waals surface area (Å²) in [5.41, 5.74) is -2.09. The molecule has 0 atom stereocenters. The summed E-state index contributed by atoms with van der Waals surface area (Å²) in [6.45, 7) is -0.0823. The van der Waals surface area contributed by atoms with Crippen molar-refractivity contribution < 1.29 is 40.2 Å². The van der Waals surface area contributed by atoms with Crippen LogP contribution in [0.15, 0.2) is 57.7 Å². The molecule has 2 aromatic carbocycles. The smallest absolute Gasteiger partial charge is 0.489 e. The quantitative estimate of drug-likeness (QED) is 0.438. The van der Waals surface area contributed by atoms with E-state index < -0.39 is 29.5 Å².